The van der Waals surface area contributed by atoms with Crippen molar-refractivity contribution in [3.63, 3.8) is 0 Å². The van der Waals surface area contributed by atoms with E-state index in [1.165, 1.54) is 0 Å². The van der Waals surface area contributed by atoms with Gasteiger partial charge in [-0.2, -0.15) is 0 Å². The van der Waals surface area contributed by atoms with Gasteiger partial charge < -0.3 is 4.74 Å². The molecular formula is C16H14O3S. The van der Waals surface area contributed by atoms with Crippen LogP contribution in [0.2, 0.25) is 0 Å². The van der Waals surface area contributed by atoms with Crippen molar-refractivity contribution >= 4 is 15.9 Å². The molecule has 1 aliphatic rings. The summed E-state index contributed by atoms with van der Waals surface area (Å²) >= 11 is 0. The molecule has 0 unspecified atom stereocenters. The van der Waals surface area contributed by atoms with E-state index in [0.717, 1.165) is 11.1 Å². The van der Waals surface area contributed by atoms with Crippen molar-refractivity contribution in [3.05, 3.63) is 64.6 Å². The molecule has 0 bridgehead atoms. The van der Waals surface area contributed by atoms with E-state index in [9.17, 15) is 8.42 Å². The van der Waals surface area contributed by atoms with Crippen molar-refractivity contribution in [2.45, 2.75) is 11.8 Å². The number of rotatable bonds is 3. The van der Waals surface area contributed by atoms with E-state index < -0.39 is 9.84 Å². The number of hydrogen-bond acceptors (Lipinski definition) is 3. The second-order valence-corrected chi connectivity index (χ2v) is 6.72. The fourth-order valence-corrected chi connectivity index (χ4v) is 3.62. The lowest BCUT2D eigenvalue weighted by Gasteiger charge is -2.07. The van der Waals surface area contributed by atoms with Gasteiger partial charge in [0.1, 0.15) is 12.4 Å². The third kappa shape index (κ3) is 2.23. The van der Waals surface area contributed by atoms with Crippen molar-refractivity contribution in [2.75, 3.05) is 6.61 Å². The Hall–Kier alpha value is -2.07. The van der Waals surface area contributed by atoms with Crippen molar-refractivity contribution in [3.8, 4) is 5.75 Å². The number of ether oxygens (including phenoxy) is 1. The van der Waals surface area contributed by atoms with Gasteiger partial charge in [0.25, 0.3) is 0 Å². The van der Waals surface area contributed by atoms with Gasteiger partial charge in [-0.05, 0) is 36.8 Å². The van der Waals surface area contributed by atoms with E-state index in [1.807, 2.05) is 37.3 Å². The van der Waals surface area contributed by atoms with Gasteiger partial charge in [-0.1, -0.05) is 35.9 Å². The predicted molar refractivity (Wildman–Crippen MR) is 78.3 cm³/mol. The molecule has 0 saturated heterocycles. The second kappa shape index (κ2) is 4.80. The summed E-state index contributed by atoms with van der Waals surface area (Å²) in [5.41, 5.74) is 1.87. The van der Waals surface area contributed by atoms with E-state index in [0.29, 0.717) is 15.6 Å². The largest absolute Gasteiger partial charge is 0.488 e. The normalized spacial score (nSPS) is 15.6. The Morgan fingerprint density at radius 1 is 1.00 bits per heavy atom. The smallest absolute Gasteiger partial charge is 0.206 e. The number of sulfone groups is 1. The molecule has 2 aromatic rings. The SMILES string of the molecule is Cc1ccc(OCC2=Cc3ccccc3S2(=O)=O)cc1. The summed E-state index contributed by atoms with van der Waals surface area (Å²) in [5, 5.41) is 0. The average Bonchev–Trinajstić information content (AvgIpc) is 2.70. The third-order valence-corrected chi connectivity index (χ3v) is 5.15. The molecule has 0 N–H and O–H groups in total. The standard InChI is InChI=1S/C16H14O3S/c1-12-6-8-14(9-7-12)19-11-15-10-13-4-2-3-5-16(13)20(15,17)18/h2-10H,11H2,1H3. The number of benzene rings is 2. The fourth-order valence-electron chi connectivity index (χ4n) is 2.14. The van der Waals surface area contributed by atoms with Crippen LogP contribution in [-0.2, 0) is 9.84 Å². The molecule has 3 rings (SSSR count). The van der Waals surface area contributed by atoms with Gasteiger partial charge >= 0.3 is 0 Å². The van der Waals surface area contributed by atoms with Gasteiger partial charge in [0.05, 0.1) is 9.80 Å². The first-order valence-electron chi connectivity index (χ1n) is 6.31. The van der Waals surface area contributed by atoms with Gasteiger partial charge in [-0.25, -0.2) is 8.42 Å². The van der Waals surface area contributed by atoms with Crippen LogP contribution in [0.4, 0.5) is 0 Å². The van der Waals surface area contributed by atoms with Gasteiger partial charge in [-0.3, -0.25) is 0 Å². The van der Waals surface area contributed by atoms with Crippen molar-refractivity contribution in [1.82, 2.24) is 0 Å². The molecule has 0 atom stereocenters. The summed E-state index contributed by atoms with van der Waals surface area (Å²) in [6, 6.07) is 14.5. The van der Waals surface area contributed by atoms with Crippen molar-refractivity contribution in [2.24, 2.45) is 0 Å². The van der Waals surface area contributed by atoms with Crippen molar-refractivity contribution < 1.29 is 13.2 Å². The zero-order valence-corrected chi connectivity index (χ0v) is 11.9. The van der Waals surface area contributed by atoms with E-state index in [1.54, 1.807) is 24.3 Å². The van der Waals surface area contributed by atoms with Crippen LogP contribution in [0.5, 0.6) is 5.75 Å². The molecule has 0 aromatic heterocycles. The zero-order valence-electron chi connectivity index (χ0n) is 11.0. The molecule has 0 aliphatic carbocycles. The molecule has 2 aromatic carbocycles. The lowest BCUT2D eigenvalue weighted by atomic mass is 10.2. The lowest BCUT2D eigenvalue weighted by molar-refractivity contribution is 0.359. The first kappa shape index (κ1) is 12.9. The first-order valence-corrected chi connectivity index (χ1v) is 7.80. The molecule has 1 aliphatic heterocycles. The van der Waals surface area contributed by atoms with Gasteiger partial charge in [-0.15, -0.1) is 0 Å². The Morgan fingerprint density at radius 3 is 2.40 bits per heavy atom. The van der Waals surface area contributed by atoms with E-state index in [2.05, 4.69) is 0 Å². The van der Waals surface area contributed by atoms with E-state index in [-0.39, 0.29) is 6.61 Å². The minimum absolute atomic E-state index is 0.0556. The molecule has 0 amide bonds. The van der Waals surface area contributed by atoms with Crippen LogP contribution < -0.4 is 4.74 Å². The third-order valence-electron chi connectivity index (χ3n) is 3.27. The Kier molecular flexibility index (Phi) is 3.10. The highest BCUT2D eigenvalue weighted by atomic mass is 32.2. The quantitative estimate of drug-likeness (QED) is 0.870. The van der Waals surface area contributed by atoms with Crippen LogP contribution >= 0.6 is 0 Å². The fraction of sp³-hybridized carbons (Fsp3) is 0.125. The molecule has 0 spiro atoms. The Bertz CT molecular complexity index is 772. The maximum Gasteiger partial charge on any atom is 0.206 e. The van der Waals surface area contributed by atoms with Gasteiger partial charge in [0.2, 0.25) is 9.84 Å². The minimum Gasteiger partial charge on any atom is -0.488 e. The van der Waals surface area contributed by atoms with Crippen LogP contribution in [0.25, 0.3) is 6.08 Å². The summed E-state index contributed by atoms with van der Waals surface area (Å²) in [7, 11) is -3.39. The average molecular weight is 286 g/mol. The van der Waals surface area contributed by atoms with Crippen LogP contribution in [0, 0.1) is 6.92 Å². The van der Waals surface area contributed by atoms with Gasteiger partial charge in [0.15, 0.2) is 0 Å². The Morgan fingerprint density at radius 2 is 1.70 bits per heavy atom. The molecule has 0 radical (unpaired) electrons. The maximum absolute atomic E-state index is 12.3. The lowest BCUT2D eigenvalue weighted by Crippen LogP contribution is -2.08. The number of aryl methyl sites for hydroxylation is 1. The van der Waals surface area contributed by atoms with Crippen molar-refractivity contribution in [1.29, 1.82) is 0 Å². The van der Waals surface area contributed by atoms with Crippen LogP contribution in [0.15, 0.2) is 58.3 Å². The molecule has 20 heavy (non-hydrogen) atoms. The summed E-state index contributed by atoms with van der Waals surface area (Å²) in [5.74, 6) is 0.669. The molecule has 4 heteroatoms. The van der Waals surface area contributed by atoms with E-state index in [4.69, 9.17) is 4.74 Å². The molecule has 0 saturated carbocycles. The molecule has 1 heterocycles. The summed E-state index contributed by atoms with van der Waals surface area (Å²) in [6.07, 6.45) is 1.68. The van der Waals surface area contributed by atoms with Crippen LogP contribution in [0.1, 0.15) is 11.1 Å². The molecule has 3 nitrogen and oxygen atoms in total. The minimum atomic E-state index is -3.39. The zero-order chi connectivity index (χ0) is 14.2. The second-order valence-electron chi connectivity index (χ2n) is 4.75. The predicted octanol–water partition coefficient (Wildman–Crippen LogP) is 3.20. The summed E-state index contributed by atoms with van der Waals surface area (Å²) < 4.78 is 30.2. The molecule has 102 valence electrons. The monoisotopic (exact) mass is 286 g/mol. The summed E-state index contributed by atoms with van der Waals surface area (Å²) in [4.78, 5) is 0.668. The topological polar surface area (TPSA) is 43.4 Å². The molecular weight excluding hydrogens is 272 g/mol. The van der Waals surface area contributed by atoms with E-state index >= 15 is 0 Å². The highest BCUT2D eigenvalue weighted by Crippen LogP contribution is 2.32. The van der Waals surface area contributed by atoms with Crippen LogP contribution in [-0.4, -0.2) is 15.0 Å². The number of hydrogen-bond donors (Lipinski definition) is 0. The number of fused-ring (bicyclic) bond motifs is 1. The van der Waals surface area contributed by atoms with Crippen LogP contribution in [0.3, 0.4) is 0 Å². The Balaban J connectivity index is 1.82. The summed E-state index contributed by atoms with van der Waals surface area (Å²) in [6.45, 7) is 2.05. The highest BCUT2D eigenvalue weighted by molar-refractivity contribution is 7.95. The van der Waals surface area contributed by atoms with Gasteiger partial charge in [0, 0.05) is 0 Å². The molecule has 0 fully saturated rings. The maximum atomic E-state index is 12.3. The Labute approximate surface area is 118 Å². The highest BCUT2D eigenvalue weighted by Gasteiger charge is 2.29. The first-order chi connectivity index (χ1) is 9.57.